The number of rotatable bonds is 13. The lowest BCUT2D eigenvalue weighted by atomic mass is 9.33. The average Bonchev–Trinajstić information content (AvgIpc) is 3.56. The monoisotopic (exact) mass is 918 g/mol. The van der Waals surface area contributed by atoms with Crippen LogP contribution < -0.4 is 16.4 Å². The van der Waals surface area contributed by atoms with Crippen molar-refractivity contribution in [3.05, 3.63) is 70.3 Å². The minimum atomic E-state index is -0.802. The summed E-state index contributed by atoms with van der Waals surface area (Å²) in [6.07, 6.45) is 14.3. The zero-order valence-corrected chi connectivity index (χ0v) is 41.9. The maximum atomic E-state index is 15.8. The molecule has 0 amide bonds. The fraction of sp³-hybridized carbons (Fsp3) is 0.724. The van der Waals surface area contributed by atoms with E-state index in [4.69, 9.17) is 10.5 Å². The lowest BCUT2D eigenvalue weighted by Crippen LogP contribution is -2.72. The van der Waals surface area contributed by atoms with Crippen LogP contribution in [0.5, 0.6) is 5.75 Å². The minimum Gasteiger partial charge on any atom is -0.508 e. The fourth-order valence-electron chi connectivity index (χ4n) is 18.8. The average molecular weight is 918 g/mol. The molecule has 0 aromatic heterocycles. The van der Waals surface area contributed by atoms with E-state index in [1.165, 1.54) is 17.6 Å². The summed E-state index contributed by atoms with van der Waals surface area (Å²) in [6, 6.07) is 14.2. The number of ether oxygens (including phenoxy) is 1. The van der Waals surface area contributed by atoms with Gasteiger partial charge in [0.15, 0.2) is 5.78 Å². The number of hydrogen-bond donors (Lipinski definition) is 6. The van der Waals surface area contributed by atoms with E-state index in [1.807, 2.05) is 32.2 Å². The van der Waals surface area contributed by atoms with Gasteiger partial charge in [-0.3, -0.25) is 9.59 Å². The maximum Gasteiger partial charge on any atom is 0.160 e. The highest BCUT2D eigenvalue weighted by atomic mass is 16.6. The Balaban J connectivity index is 1.06. The topological polar surface area (TPSA) is 157 Å². The number of hydrogen-bond acceptors (Lipinski definition) is 9. The molecule has 67 heavy (non-hydrogen) atoms. The second-order valence-corrected chi connectivity index (χ2v) is 25.1. The third-order valence-corrected chi connectivity index (χ3v) is 21.0. The number of epoxide rings is 1. The molecule has 7 N–H and O–H groups in total. The number of aromatic hydroxyl groups is 1. The van der Waals surface area contributed by atoms with Gasteiger partial charge in [-0.1, -0.05) is 83.6 Å². The van der Waals surface area contributed by atoms with Crippen molar-refractivity contribution in [2.75, 3.05) is 19.3 Å². The van der Waals surface area contributed by atoms with Gasteiger partial charge in [0.2, 0.25) is 0 Å². The molecule has 14 atom stereocenters. The number of anilines is 1. The molecule has 7 fully saturated rings. The van der Waals surface area contributed by atoms with E-state index in [2.05, 4.69) is 69.5 Å². The molecule has 366 valence electrons. The summed E-state index contributed by atoms with van der Waals surface area (Å²) < 4.78 is 6.73. The Morgan fingerprint density at radius 2 is 1.69 bits per heavy atom. The number of phenolic OH excluding ortho intramolecular Hbond substituents is 1. The van der Waals surface area contributed by atoms with Crippen molar-refractivity contribution < 1.29 is 29.6 Å². The van der Waals surface area contributed by atoms with Crippen LogP contribution in [0.2, 0.25) is 0 Å². The number of Topliss-reactive ketones (excluding diaryl/α,β-unsaturated/α-hetero) is 2. The molecule has 1 spiro atoms. The number of aliphatic hydroxyl groups is 2. The molecule has 6 saturated carbocycles. The van der Waals surface area contributed by atoms with Gasteiger partial charge in [0.05, 0.1) is 23.2 Å². The number of nitrogen functional groups attached to an aromatic ring is 1. The first-order chi connectivity index (χ1) is 31.8. The number of benzene rings is 2. The number of fused-ring (bicyclic) bond motifs is 1. The standard InChI is InChI=1S/C58H83N3O6/c1-34(62)31-61-45-29-55(5)48-21-20-44-49(42(36-14-9-8-10-15-36)28-46(64)51-56(6,67-51)43-19-12-18-41(43)37-16-11-17-39(59)26-37)47(65)30-58(44,55)23-13-22-57(38-24-35(32-60-7)25-40(63)27-38)33-54(48,4)50(45)53(2,3)52(57)66/h11,16-17,24-27,34,36,41-43,45-46,48,50-51,60-64H,8-10,12-15,18-23,28-33,59H2,1-7H3/t34-,41+,42-,43-,45-,46+,48+,50-,51+,54-,55+,56+,57-,58-/m0/s1. The number of carbonyl (C=O) groups excluding carboxylic acids is 2. The molecule has 1 aliphatic heterocycles. The Hall–Kier alpha value is -3.08. The Bertz CT molecular complexity index is 2280. The van der Waals surface area contributed by atoms with E-state index in [9.17, 15) is 15.3 Å². The predicted octanol–water partition coefficient (Wildman–Crippen LogP) is 9.84. The molecule has 7 aliphatic carbocycles. The number of nitrogens with one attached hydrogen (secondary N) is 2. The molecular weight excluding hydrogens is 835 g/mol. The molecule has 2 aromatic carbocycles. The smallest absolute Gasteiger partial charge is 0.160 e. The molecule has 8 aliphatic rings. The van der Waals surface area contributed by atoms with Crippen molar-refractivity contribution in [3.8, 4) is 5.75 Å². The second kappa shape index (κ2) is 17.1. The number of allylic oxidation sites excluding steroid dienone is 2. The van der Waals surface area contributed by atoms with Crippen molar-refractivity contribution in [3.63, 3.8) is 0 Å². The normalized spacial score (nSPS) is 40.5. The van der Waals surface area contributed by atoms with E-state index in [0.717, 1.165) is 99.4 Å². The molecule has 5 bridgehead atoms. The van der Waals surface area contributed by atoms with Gasteiger partial charge in [0.1, 0.15) is 17.6 Å². The quantitative estimate of drug-likeness (QED) is 0.0851. The highest BCUT2D eigenvalue weighted by Gasteiger charge is 2.75. The third-order valence-electron chi connectivity index (χ3n) is 21.0. The number of aliphatic hydroxyl groups excluding tert-OH is 2. The van der Waals surface area contributed by atoms with Crippen LogP contribution in [0.3, 0.4) is 0 Å². The second-order valence-electron chi connectivity index (χ2n) is 25.1. The summed E-state index contributed by atoms with van der Waals surface area (Å²) in [5.41, 5.74) is 9.86. The van der Waals surface area contributed by atoms with E-state index in [-0.39, 0.29) is 57.7 Å². The number of carbonyl (C=O) groups is 2. The van der Waals surface area contributed by atoms with Gasteiger partial charge in [0.25, 0.3) is 0 Å². The molecule has 1 heterocycles. The molecule has 9 nitrogen and oxygen atoms in total. The van der Waals surface area contributed by atoms with Gasteiger partial charge in [-0.15, -0.1) is 0 Å². The van der Waals surface area contributed by atoms with Gasteiger partial charge in [-0.25, -0.2) is 0 Å². The van der Waals surface area contributed by atoms with Gasteiger partial charge in [-0.05, 0) is 184 Å². The zero-order chi connectivity index (χ0) is 47.5. The zero-order valence-electron chi connectivity index (χ0n) is 41.9. The van der Waals surface area contributed by atoms with E-state index >= 15 is 9.59 Å². The third kappa shape index (κ3) is 7.38. The first-order valence-corrected chi connectivity index (χ1v) is 26.8. The Morgan fingerprint density at radius 3 is 2.42 bits per heavy atom. The fourth-order valence-corrected chi connectivity index (χ4v) is 18.8. The maximum absolute atomic E-state index is 15.8. The summed E-state index contributed by atoms with van der Waals surface area (Å²) in [7, 11) is 1.92. The van der Waals surface area contributed by atoms with Crippen molar-refractivity contribution in [2.24, 2.45) is 51.2 Å². The largest absolute Gasteiger partial charge is 0.508 e. The van der Waals surface area contributed by atoms with Gasteiger partial charge in [-0.2, -0.15) is 0 Å². The van der Waals surface area contributed by atoms with Gasteiger partial charge < -0.3 is 36.4 Å². The van der Waals surface area contributed by atoms with Crippen LogP contribution in [0.4, 0.5) is 5.69 Å². The predicted molar refractivity (Wildman–Crippen MR) is 264 cm³/mol. The van der Waals surface area contributed by atoms with Crippen molar-refractivity contribution in [1.82, 2.24) is 10.6 Å². The summed E-state index contributed by atoms with van der Waals surface area (Å²) in [6.45, 7) is 14.5. The highest BCUT2D eigenvalue weighted by Crippen LogP contribution is 2.78. The van der Waals surface area contributed by atoms with Crippen LogP contribution in [0.1, 0.15) is 173 Å². The highest BCUT2D eigenvalue weighted by molar-refractivity contribution is 6.01. The van der Waals surface area contributed by atoms with Crippen LogP contribution in [-0.2, 0) is 26.3 Å². The molecule has 9 heteroatoms. The van der Waals surface area contributed by atoms with Crippen molar-refractivity contribution in [2.45, 2.75) is 199 Å². The molecule has 1 saturated heterocycles. The molecule has 2 aromatic rings. The Morgan fingerprint density at radius 1 is 0.910 bits per heavy atom. The first-order valence-electron chi connectivity index (χ1n) is 26.8. The summed E-state index contributed by atoms with van der Waals surface area (Å²) in [5.74, 6) is 2.00. The molecular formula is C58H83N3O6. The van der Waals surface area contributed by atoms with Crippen molar-refractivity contribution in [1.29, 1.82) is 0 Å². The van der Waals surface area contributed by atoms with Crippen LogP contribution in [0.25, 0.3) is 0 Å². The van der Waals surface area contributed by atoms with Crippen LogP contribution in [0.15, 0.2) is 53.6 Å². The first kappa shape index (κ1) is 47.6. The van der Waals surface area contributed by atoms with Gasteiger partial charge in [0, 0.05) is 42.1 Å². The molecule has 10 rings (SSSR count). The van der Waals surface area contributed by atoms with Gasteiger partial charge >= 0.3 is 0 Å². The lowest BCUT2D eigenvalue weighted by molar-refractivity contribution is -0.201. The van der Waals surface area contributed by atoms with Crippen LogP contribution >= 0.6 is 0 Å². The SMILES string of the molecule is CNCc1cc(O)cc([C@]23CCC[C@]45CC(=O)C([C@@H](C[C@@H](O)[C@H]6O[C@]6(C)[C@H]6CCC[C@@H]6c6cccc(N)c6)C6CCCCC6)=C4CC[C@@H]4[C@](C)(C2)[C@@H]([C@@H](NC[C@H](C)O)C[C@]45C)C(C)(C)C3=O)c1. The van der Waals surface area contributed by atoms with E-state index in [1.54, 1.807) is 0 Å². The van der Waals surface area contributed by atoms with E-state index in [0.29, 0.717) is 62.3 Å². The van der Waals surface area contributed by atoms with Crippen LogP contribution in [-0.4, -0.2) is 70.4 Å². The number of phenols is 1. The summed E-state index contributed by atoms with van der Waals surface area (Å²) >= 11 is 0. The van der Waals surface area contributed by atoms with Crippen molar-refractivity contribution >= 4 is 17.3 Å². The van der Waals surface area contributed by atoms with E-state index < -0.39 is 28.6 Å². The lowest BCUT2D eigenvalue weighted by Gasteiger charge is -2.71. The minimum absolute atomic E-state index is 0.0143. The molecule has 0 unspecified atom stereocenters. The number of ketones is 2. The van der Waals surface area contributed by atoms with Crippen LogP contribution in [0, 0.1) is 51.2 Å². The Labute approximate surface area is 401 Å². The molecule has 0 radical (unpaired) electrons. The Kier molecular flexibility index (Phi) is 12.1. The summed E-state index contributed by atoms with van der Waals surface area (Å²) in [5, 5.41) is 41.9. The number of nitrogens with two attached hydrogens (primary N) is 1. The summed E-state index contributed by atoms with van der Waals surface area (Å²) in [4.78, 5) is 31.4.